The van der Waals surface area contributed by atoms with E-state index < -0.39 is 39.3 Å². The number of halogens is 2. The highest BCUT2D eigenvalue weighted by atomic mass is 35.5. The van der Waals surface area contributed by atoms with Crippen molar-refractivity contribution in [1.29, 1.82) is 0 Å². The van der Waals surface area contributed by atoms with Gasteiger partial charge in [0, 0.05) is 11.6 Å². The van der Waals surface area contributed by atoms with Crippen molar-refractivity contribution in [1.82, 2.24) is 5.32 Å². The van der Waals surface area contributed by atoms with Crippen molar-refractivity contribution in [3.05, 3.63) is 94.3 Å². The number of carbonyl (C=O) groups is 2. The van der Waals surface area contributed by atoms with Gasteiger partial charge in [-0.1, -0.05) is 54.1 Å². The molecule has 0 fully saturated rings. The number of hydrogen-bond donors (Lipinski definition) is 2. The van der Waals surface area contributed by atoms with Gasteiger partial charge in [-0.2, -0.15) is 0 Å². The van der Waals surface area contributed by atoms with Crippen molar-refractivity contribution in [2.45, 2.75) is 24.0 Å². The zero-order chi connectivity index (χ0) is 24.5. The number of hydrogen-bond acceptors (Lipinski definition) is 5. The average Bonchev–Trinajstić information content (AvgIpc) is 2.87. The first kappa shape index (κ1) is 23.9. The van der Waals surface area contributed by atoms with Gasteiger partial charge in [-0.05, 0) is 35.4 Å². The summed E-state index contributed by atoms with van der Waals surface area (Å²) in [4.78, 5) is 26.6. The first-order chi connectivity index (χ1) is 16.2. The number of fused-ring (bicyclic) bond motifs is 1. The molecule has 3 aromatic rings. The molecule has 1 aliphatic heterocycles. The van der Waals surface area contributed by atoms with Gasteiger partial charge in [-0.3, -0.25) is 9.59 Å². The lowest BCUT2D eigenvalue weighted by molar-refractivity contribution is -0.119. The Bertz CT molecular complexity index is 1350. The van der Waals surface area contributed by atoms with Gasteiger partial charge < -0.3 is 16.0 Å². The summed E-state index contributed by atoms with van der Waals surface area (Å²) in [6.45, 7) is 0.107. The fourth-order valence-corrected chi connectivity index (χ4v) is 5.39. The standard InChI is InChI=1S/C24H21ClFN3O4S/c25-17-8-6-16(7-9-17)13-29-21-10-18(23(30)28-12-15-4-2-1-3-5-15)19(26)11-22(21)34(32,33)14-20(27)24(29)31/h1-11,20H,12-14,27H2,(H,28,30)/t20-/m0/s1. The van der Waals surface area contributed by atoms with Crippen LogP contribution in [0.25, 0.3) is 0 Å². The van der Waals surface area contributed by atoms with Crippen LogP contribution in [-0.4, -0.2) is 32.0 Å². The number of sulfone groups is 1. The Labute approximate surface area is 201 Å². The van der Waals surface area contributed by atoms with Crippen LogP contribution in [0.15, 0.2) is 71.6 Å². The maximum Gasteiger partial charge on any atom is 0.254 e. The number of carbonyl (C=O) groups excluding carboxylic acids is 2. The molecule has 2 amide bonds. The van der Waals surface area contributed by atoms with Crippen molar-refractivity contribution in [3.63, 3.8) is 0 Å². The lowest BCUT2D eigenvalue weighted by atomic mass is 10.1. The Kier molecular flexibility index (Phi) is 6.70. The summed E-state index contributed by atoms with van der Waals surface area (Å²) >= 11 is 5.93. The van der Waals surface area contributed by atoms with E-state index >= 15 is 0 Å². The van der Waals surface area contributed by atoms with Crippen molar-refractivity contribution < 1.29 is 22.4 Å². The second-order valence-electron chi connectivity index (χ2n) is 7.91. The zero-order valence-corrected chi connectivity index (χ0v) is 19.4. The Morgan fingerprint density at radius 3 is 2.44 bits per heavy atom. The molecule has 0 aromatic heterocycles. The van der Waals surface area contributed by atoms with Crippen LogP contribution in [0.1, 0.15) is 21.5 Å². The van der Waals surface area contributed by atoms with Crippen LogP contribution in [0.3, 0.4) is 0 Å². The van der Waals surface area contributed by atoms with Crippen LogP contribution in [0.5, 0.6) is 0 Å². The highest BCUT2D eigenvalue weighted by Crippen LogP contribution is 2.34. The van der Waals surface area contributed by atoms with E-state index in [4.69, 9.17) is 17.3 Å². The average molecular weight is 502 g/mol. The van der Waals surface area contributed by atoms with E-state index in [1.165, 1.54) is 4.90 Å². The number of anilines is 1. The van der Waals surface area contributed by atoms with Gasteiger partial charge in [0.2, 0.25) is 5.91 Å². The van der Waals surface area contributed by atoms with E-state index in [-0.39, 0.29) is 29.2 Å². The first-order valence-corrected chi connectivity index (χ1v) is 12.4. The molecule has 0 radical (unpaired) electrons. The van der Waals surface area contributed by atoms with Gasteiger partial charge in [0.15, 0.2) is 9.84 Å². The lowest BCUT2D eigenvalue weighted by Gasteiger charge is -2.25. The summed E-state index contributed by atoms with van der Waals surface area (Å²) in [6.07, 6.45) is 0. The normalized spacial score (nSPS) is 17.1. The van der Waals surface area contributed by atoms with E-state index in [0.29, 0.717) is 10.6 Å². The Balaban J connectivity index is 1.75. The third kappa shape index (κ3) is 4.96. The number of nitrogens with two attached hydrogens (primary N) is 1. The van der Waals surface area contributed by atoms with Crippen LogP contribution in [-0.2, 0) is 27.7 Å². The predicted molar refractivity (Wildman–Crippen MR) is 127 cm³/mol. The minimum atomic E-state index is -4.09. The highest BCUT2D eigenvalue weighted by Gasteiger charge is 2.37. The van der Waals surface area contributed by atoms with Crippen molar-refractivity contribution in [2.75, 3.05) is 10.7 Å². The number of rotatable bonds is 5. The van der Waals surface area contributed by atoms with Crippen LogP contribution in [0.2, 0.25) is 5.02 Å². The van der Waals surface area contributed by atoms with Crippen molar-refractivity contribution in [2.24, 2.45) is 5.73 Å². The summed E-state index contributed by atoms with van der Waals surface area (Å²) in [5, 5.41) is 3.11. The predicted octanol–water partition coefficient (Wildman–Crippen LogP) is 3.06. The van der Waals surface area contributed by atoms with E-state index in [0.717, 1.165) is 17.7 Å². The molecule has 10 heteroatoms. The highest BCUT2D eigenvalue weighted by molar-refractivity contribution is 7.91. The number of benzene rings is 3. The van der Waals surface area contributed by atoms with Gasteiger partial charge >= 0.3 is 0 Å². The molecule has 34 heavy (non-hydrogen) atoms. The molecule has 0 bridgehead atoms. The van der Waals surface area contributed by atoms with E-state index in [2.05, 4.69) is 5.32 Å². The maximum absolute atomic E-state index is 14.9. The number of amides is 2. The molecule has 0 saturated carbocycles. The molecule has 0 aliphatic carbocycles. The molecular weight excluding hydrogens is 481 g/mol. The third-order valence-electron chi connectivity index (χ3n) is 5.45. The summed E-state index contributed by atoms with van der Waals surface area (Å²) in [5.41, 5.74) is 6.86. The van der Waals surface area contributed by atoms with Gasteiger partial charge in [-0.15, -0.1) is 0 Å². The number of nitrogens with zero attached hydrogens (tertiary/aromatic N) is 1. The fourth-order valence-electron chi connectivity index (χ4n) is 3.70. The monoisotopic (exact) mass is 501 g/mol. The first-order valence-electron chi connectivity index (χ1n) is 10.4. The molecule has 3 N–H and O–H groups in total. The minimum Gasteiger partial charge on any atom is -0.348 e. The quantitative estimate of drug-likeness (QED) is 0.558. The van der Waals surface area contributed by atoms with E-state index in [9.17, 15) is 22.4 Å². The van der Waals surface area contributed by atoms with Crippen LogP contribution in [0, 0.1) is 5.82 Å². The van der Waals surface area contributed by atoms with Crippen LogP contribution >= 0.6 is 11.6 Å². The lowest BCUT2D eigenvalue weighted by Crippen LogP contribution is -2.45. The molecule has 1 atom stereocenters. The van der Waals surface area contributed by atoms with Gasteiger partial charge in [-0.25, -0.2) is 12.8 Å². The van der Waals surface area contributed by atoms with Gasteiger partial charge in [0.1, 0.15) is 5.82 Å². The molecule has 3 aromatic carbocycles. The summed E-state index contributed by atoms with van der Waals surface area (Å²) in [6, 6.07) is 16.2. The summed E-state index contributed by atoms with van der Waals surface area (Å²) in [7, 11) is -4.09. The fraction of sp³-hybridized carbons (Fsp3) is 0.167. The van der Waals surface area contributed by atoms with E-state index in [1.54, 1.807) is 48.5 Å². The SMILES string of the molecule is N[C@H]1CS(=O)(=O)c2cc(F)c(C(=O)NCc3ccccc3)cc2N(Cc2ccc(Cl)cc2)C1=O. The second-order valence-corrected chi connectivity index (χ2v) is 10.3. The number of nitrogens with one attached hydrogen (secondary N) is 1. The van der Waals surface area contributed by atoms with Crippen LogP contribution in [0.4, 0.5) is 10.1 Å². The summed E-state index contributed by atoms with van der Waals surface area (Å²) < 4.78 is 40.7. The smallest absolute Gasteiger partial charge is 0.254 e. The second kappa shape index (κ2) is 9.54. The molecule has 4 rings (SSSR count). The van der Waals surface area contributed by atoms with Gasteiger partial charge in [0.25, 0.3) is 5.91 Å². The van der Waals surface area contributed by atoms with Crippen molar-refractivity contribution >= 4 is 38.9 Å². The van der Waals surface area contributed by atoms with Crippen LogP contribution < -0.4 is 16.0 Å². The molecule has 176 valence electrons. The van der Waals surface area contributed by atoms with Crippen molar-refractivity contribution in [3.8, 4) is 0 Å². The minimum absolute atomic E-state index is 0.0388. The van der Waals surface area contributed by atoms with Gasteiger partial charge in [0.05, 0.1) is 34.5 Å². The van der Waals surface area contributed by atoms with E-state index in [1.807, 2.05) is 6.07 Å². The molecular formula is C24H21ClFN3O4S. The largest absolute Gasteiger partial charge is 0.348 e. The third-order valence-corrected chi connectivity index (χ3v) is 7.50. The Morgan fingerprint density at radius 1 is 1.09 bits per heavy atom. The molecule has 0 unspecified atom stereocenters. The summed E-state index contributed by atoms with van der Waals surface area (Å²) in [5.74, 6) is -3.08. The zero-order valence-electron chi connectivity index (χ0n) is 17.9. The molecule has 0 saturated heterocycles. The Hall–Kier alpha value is -3.27. The molecule has 1 aliphatic rings. The topological polar surface area (TPSA) is 110 Å². The Morgan fingerprint density at radius 2 is 1.76 bits per heavy atom. The molecule has 7 nitrogen and oxygen atoms in total. The molecule has 0 spiro atoms. The maximum atomic E-state index is 14.9. The molecule has 1 heterocycles.